The maximum atomic E-state index is 14.6. The summed E-state index contributed by atoms with van der Waals surface area (Å²) in [6, 6.07) is 2.47. The van der Waals surface area contributed by atoms with Crippen LogP contribution in [0.15, 0.2) is 24.8 Å². The number of carboxylic acid groups (broad SMARTS) is 1. The first-order chi connectivity index (χ1) is 13.2. The van der Waals surface area contributed by atoms with Crippen LogP contribution in [0.3, 0.4) is 0 Å². The molecule has 0 amide bonds. The highest BCUT2D eigenvalue weighted by Crippen LogP contribution is 2.32. The van der Waals surface area contributed by atoms with Crippen LogP contribution in [0.25, 0.3) is 22.3 Å². The molecule has 0 bridgehead atoms. The third-order valence-electron chi connectivity index (χ3n) is 4.44. The summed E-state index contributed by atoms with van der Waals surface area (Å²) in [4.78, 5) is 26.6. The first-order valence-corrected chi connectivity index (χ1v) is 8.57. The van der Waals surface area contributed by atoms with Crippen LogP contribution in [0.2, 0.25) is 0 Å². The van der Waals surface area contributed by atoms with Crippen LogP contribution in [-0.4, -0.2) is 37.1 Å². The van der Waals surface area contributed by atoms with Crippen LogP contribution < -0.4 is 5.32 Å². The average Bonchev–Trinajstić information content (AvgIpc) is 3.05. The van der Waals surface area contributed by atoms with Crippen molar-refractivity contribution in [3.05, 3.63) is 36.2 Å². The Balaban J connectivity index is 2.10. The number of nitrogens with one attached hydrogen (secondary N) is 2. The Labute approximate surface area is 160 Å². The third kappa shape index (κ3) is 3.76. The number of nitriles is 1. The van der Waals surface area contributed by atoms with Gasteiger partial charge in [-0.2, -0.15) is 5.26 Å². The summed E-state index contributed by atoms with van der Waals surface area (Å²) in [5.74, 6) is -1.84. The number of H-pyrrole nitrogens is 1. The third-order valence-corrected chi connectivity index (χ3v) is 4.44. The molecule has 0 aliphatic carbocycles. The molecule has 0 aliphatic heterocycles. The molecule has 3 heterocycles. The molecule has 0 spiro atoms. The smallest absolute Gasteiger partial charge is 0.305 e. The van der Waals surface area contributed by atoms with E-state index in [1.165, 1.54) is 6.33 Å². The first-order valence-electron chi connectivity index (χ1n) is 8.57. The topological polar surface area (TPSA) is 128 Å². The van der Waals surface area contributed by atoms with Gasteiger partial charge in [0.15, 0.2) is 11.6 Å². The minimum Gasteiger partial charge on any atom is -0.481 e. The molecule has 28 heavy (non-hydrogen) atoms. The molecular weight excluding hydrogens is 363 g/mol. The summed E-state index contributed by atoms with van der Waals surface area (Å²) in [5.41, 5.74) is 0.970. The minimum absolute atomic E-state index is 0.0540. The van der Waals surface area contributed by atoms with Crippen LogP contribution in [0.4, 0.5) is 10.2 Å². The standard InChI is InChI=1S/C19H19FN6O2/c1-19(2,3)14(5-15(27)28)25-18-13(20)4-10(6-21)16(26-18)11-8-23-17-12(11)7-22-9-24-17/h4,7-9,14H,5H2,1-3H3,(H,25,26)(H,27,28)(H,22,23,24). The van der Waals surface area contributed by atoms with Crippen LogP contribution in [0.5, 0.6) is 0 Å². The van der Waals surface area contributed by atoms with E-state index in [4.69, 9.17) is 0 Å². The van der Waals surface area contributed by atoms with Gasteiger partial charge in [0.1, 0.15) is 18.0 Å². The molecule has 0 aliphatic rings. The molecule has 3 N–H and O–H groups in total. The molecule has 3 aromatic rings. The van der Waals surface area contributed by atoms with E-state index in [9.17, 15) is 19.6 Å². The lowest BCUT2D eigenvalue weighted by Crippen LogP contribution is -2.36. The molecule has 3 aromatic heterocycles. The predicted molar refractivity (Wildman–Crippen MR) is 101 cm³/mol. The molecule has 1 atom stereocenters. The number of carboxylic acids is 1. The fraction of sp³-hybridized carbons (Fsp3) is 0.316. The van der Waals surface area contributed by atoms with Gasteiger partial charge < -0.3 is 15.4 Å². The van der Waals surface area contributed by atoms with E-state index < -0.39 is 23.2 Å². The Morgan fingerprint density at radius 1 is 1.46 bits per heavy atom. The Kier molecular flexibility index (Phi) is 4.96. The van der Waals surface area contributed by atoms with E-state index in [2.05, 4.69) is 25.3 Å². The molecule has 144 valence electrons. The second-order valence-corrected chi connectivity index (χ2v) is 7.47. The van der Waals surface area contributed by atoms with E-state index in [0.717, 1.165) is 6.07 Å². The maximum Gasteiger partial charge on any atom is 0.305 e. The second-order valence-electron chi connectivity index (χ2n) is 7.47. The van der Waals surface area contributed by atoms with Crippen molar-refractivity contribution in [2.75, 3.05) is 5.32 Å². The zero-order valence-electron chi connectivity index (χ0n) is 15.6. The van der Waals surface area contributed by atoms with Crippen LogP contribution in [-0.2, 0) is 4.79 Å². The van der Waals surface area contributed by atoms with Gasteiger partial charge in [-0.25, -0.2) is 19.3 Å². The molecular formula is C19H19FN6O2. The van der Waals surface area contributed by atoms with Crippen molar-refractivity contribution in [1.29, 1.82) is 5.26 Å². The van der Waals surface area contributed by atoms with Crippen molar-refractivity contribution in [2.45, 2.75) is 33.2 Å². The number of halogens is 1. The Hall–Kier alpha value is -3.54. The number of pyridine rings is 1. The molecule has 8 nitrogen and oxygen atoms in total. The fourth-order valence-electron chi connectivity index (χ4n) is 2.85. The number of carbonyl (C=O) groups is 1. The number of fused-ring (bicyclic) bond motifs is 1. The summed E-state index contributed by atoms with van der Waals surface area (Å²) >= 11 is 0. The highest BCUT2D eigenvalue weighted by atomic mass is 19.1. The number of anilines is 1. The van der Waals surface area contributed by atoms with Gasteiger partial charge in [-0.3, -0.25) is 4.79 Å². The number of hydrogen-bond acceptors (Lipinski definition) is 6. The van der Waals surface area contributed by atoms with Gasteiger partial charge in [0.25, 0.3) is 0 Å². The molecule has 0 saturated carbocycles. The van der Waals surface area contributed by atoms with Gasteiger partial charge >= 0.3 is 5.97 Å². The van der Waals surface area contributed by atoms with Crippen molar-refractivity contribution in [3.63, 3.8) is 0 Å². The summed E-state index contributed by atoms with van der Waals surface area (Å²) in [5, 5.41) is 22.2. The van der Waals surface area contributed by atoms with Gasteiger partial charge in [0.2, 0.25) is 0 Å². The van der Waals surface area contributed by atoms with Crippen molar-refractivity contribution >= 4 is 22.8 Å². The normalized spacial score (nSPS) is 12.5. The maximum absolute atomic E-state index is 14.6. The van der Waals surface area contributed by atoms with Crippen molar-refractivity contribution in [1.82, 2.24) is 19.9 Å². The molecule has 0 radical (unpaired) electrons. The van der Waals surface area contributed by atoms with Gasteiger partial charge in [-0.1, -0.05) is 20.8 Å². The lowest BCUT2D eigenvalue weighted by atomic mass is 9.84. The van der Waals surface area contributed by atoms with E-state index >= 15 is 0 Å². The van der Waals surface area contributed by atoms with Crippen LogP contribution >= 0.6 is 0 Å². The number of rotatable bonds is 5. The second kappa shape index (κ2) is 7.23. The van der Waals surface area contributed by atoms with E-state index in [1.54, 1.807) is 12.4 Å². The van der Waals surface area contributed by atoms with Gasteiger partial charge in [0, 0.05) is 29.4 Å². The predicted octanol–water partition coefficient (Wildman–Crippen LogP) is 3.33. The molecule has 3 rings (SSSR count). The monoisotopic (exact) mass is 382 g/mol. The van der Waals surface area contributed by atoms with Crippen molar-refractivity contribution in [3.8, 4) is 17.3 Å². The van der Waals surface area contributed by atoms with Gasteiger partial charge in [-0.05, 0) is 11.5 Å². The first kappa shape index (κ1) is 19.2. The van der Waals surface area contributed by atoms with E-state index in [1.807, 2.05) is 26.8 Å². The SMILES string of the molecule is CC(C)(C)C(CC(=O)O)Nc1nc(-c2c[nH]c3ncncc23)c(C#N)cc1F. The number of aliphatic carboxylic acids is 1. The van der Waals surface area contributed by atoms with Crippen LogP contribution in [0, 0.1) is 22.6 Å². The summed E-state index contributed by atoms with van der Waals surface area (Å²) in [6.07, 6.45) is 4.39. The summed E-state index contributed by atoms with van der Waals surface area (Å²) in [6.45, 7) is 5.56. The van der Waals surface area contributed by atoms with E-state index in [-0.39, 0.29) is 23.5 Å². The van der Waals surface area contributed by atoms with Crippen molar-refractivity contribution < 1.29 is 14.3 Å². The molecule has 0 aromatic carbocycles. The highest BCUT2D eigenvalue weighted by Gasteiger charge is 2.29. The molecule has 9 heteroatoms. The Morgan fingerprint density at radius 3 is 2.86 bits per heavy atom. The summed E-state index contributed by atoms with van der Waals surface area (Å²) in [7, 11) is 0. The van der Waals surface area contributed by atoms with Gasteiger partial charge in [-0.15, -0.1) is 0 Å². The molecule has 0 fully saturated rings. The number of hydrogen-bond donors (Lipinski definition) is 3. The quantitative estimate of drug-likeness (QED) is 0.617. The number of aromatic nitrogens is 4. The molecule has 0 saturated heterocycles. The molecule has 1 unspecified atom stereocenters. The lowest BCUT2D eigenvalue weighted by Gasteiger charge is -2.31. The zero-order chi connectivity index (χ0) is 20.5. The highest BCUT2D eigenvalue weighted by molar-refractivity contribution is 5.93. The lowest BCUT2D eigenvalue weighted by molar-refractivity contribution is -0.137. The largest absolute Gasteiger partial charge is 0.481 e. The van der Waals surface area contributed by atoms with Crippen molar-refractivity contribution in [2.24, 2.45) is 5.41 Å². The van der Waals surface area contributed by atoms with Gasteiger partial charge in [0.05, 0.1) is 17.7 Å². The fourth-order valence-corrected chi connectivity index (χ4v) is 2.85. The average molecular weight is 382 g/mol. The minimum atomic E-state index is -1.00. The zero-order valence-corrected chi connectivity index (χ0v) is 15.6. The van der Waals surface area contributed by atoms with Crippen LogP contribution in [0.1, 0.15) is 32.8 Å². The number of aromatic amines is 1. The number of nitrogens with zero attached hydrogens (tertiary/aromatic N) is 4. The Bertz CT molecular complexity index is 1080. The Morgan fingerprint density at radius 2 is 2.21 bits per heavy atom. The van der Waals surface area contributed by atoms with E-state index in [0.29, 0.717) is 16.6 Å². The summed E-state index contributed by atoms with van der Waals surface area (Å²) < 4.78 is 14.6.